The Morgan fingerprint density at radius 3 is 1.97 bits per heavy atom. The molecule has 0 amide bonds. The van der Waals surface area contributed by atoms with E-state index in [1.807, 2.05) is 6.92 Å². The fraction of sp³-hybridized carbons (Fsp3) is 0.800. The van der Waals surface area contributed by atoms with Crippen molar-refractivity contribution in [1.29, 1.82) is 0 Å². The van der Waals surface area contributed by atoms with E-state index in [1.165, 1.54) is 55.5 Å². The maximum absolute atomic E-state index is 14.3. The molecule has 0 aliphatic carbocycles. The van der Waals surface area contributed by atoms with Crippen LogP contribution in [0.3, 0.4) is 0 Å². The first-order valence-electron chi connectivity index (χ1n) is 36.0. The lowest BCUT2D eigenvalue weighted by atomic mass is 9.86. The average Bonchev–Trinajstić information content (AvgIpc) is 1.58. The number of esters is 2. The van der Waals surface area contributed by atoms with Crippen molar-refractivity contribution in [2.45, 2.75) is 295 Å². The minimum absolute atomic E-state index is 0.107. The Hall–Kier alpha value is -4.00. The number of rotatable bonds is 20. The van der Waals surface area contributed by atoms with Gasteiger partial charge in [0.2, 0.25) is 0 Å². The van der Waals surface area contributed by atoms with Crippen LogP contribution in [0.1, 0.15) is 99.6 Å². The van der Waals surface area contributed by atoms with Crippen LogP contribution in [0.2, 0.25) is 10.0 Å². The standard InChI is InChI=1S/C70H99Cl2NO36/c1-24-15-31(74)16-32(75)40(24)61(82)98-36-22-92-70(60-53(36)90-23-91-60)106-37-21-89-63(46(79)52(37)107-70)104-65-56(87-13)45(78)51(35(99-65)20-84-10)102-64-47(80)55(50(85-11)27(4)95-64)103-66-57(81)68(9)59(30(7)96-66)108-69(109-68)18-33(76)48(28(5)105-69)100-38-17-34(97-39-19-67(8,73)58(88-14)29(6)94-39)49(26(3)93-38)101-62(83)41-25(2)42(71)44(77)43(72)54(41)86-12/h15-16,26-30,33-39,45-53,55-60,63-66,74-81H,17-23,73H2,1-14H3/t26-,27-,28-,29+,30-,33-,34-,35-,36-,37+,38+,39+,45+,46-,47-,48-,49-,50+,51-,52-,53+,55-,56+,57-,58+,59-,60-,63+,64+,65+,66+,67+,68-,69-,70+/m1/s1. The molecule has 0 aromatic heterocycles. The molecule has 0 radical (unpaired) electrons. The summed E-state index contributed by atoms with van der Waals surface area (Å²) in [6.45, 7) is 13.6. The van der Waals surface area contributed by atoms with Gasteiger partial charge in [-0.15, -0.1) is 0 Å². The highest BCUT2D eigenvalue weighted by molar-refractivity contribution is 6.39. The molecule has 2 aromatic carbocycles. The number of hydrogen-bond acceptors (Lipinski definition) is 37. The second-order valence-corrected chi connectivity index (χ2v) is 30.5. The predicted molar refractivity (Wildman–Crippen MR) is 360 cm³/mol. The Kier molecular flexibility index (Phi) is 24.8. The number of fused-ring (bicyclic) bond motifs is 4. The predicted octanol–water partition coefficient (Wildman–Crippen LogP) is 0.944. The van der Waals surface area contributed by atoms with Crippen LogP contribution >= 0.6 is 23.2 Å². The van der Waals surface area contributed by atoms with Gasteiger partial charge in [-0.2, -0.15) is 0 Å². The van der Waals surface area contributed by atoms with Gasteiger partial charge < -0.3 is 170 Å². The highest BCUT2D eigenvalue weighted by atomic mass is 35.5. The zero-order valence-electron chi connectivity index (χ0n) is 62.3. The van der Waals surface area contributed by atoms with Crippen molar-refractivity contribution >= 4 is 35.1 Å². The van der Waals surface area contributed by atoms with Gasteiger partial charge in [0.1, 0.15) is 138 Å². The van der Waals surface area contributed by atoms with E-state index in [4.69, 9.17) is 152 Å². The van der Waals surface area contributed by atoms with E-state index in [2.05, 4.69) is 0 Å². The lowest BCUT2D eigenvalue weighted by molar-refractivity contribution is -0.415. The zero-order valence-corrected chi connectivity index (χ0v) is 63.9. The monoisotopic (exact) mass is 1600 g/mol. The second-order valence-electron chi connectivity index (χ2n) is 29.8. The quantitative estimate of drug-likeness (QED) is 0.0833. The number of aromatic hydroxyl groups is 3. The van der Waals surface area contributed by atoms with Crippen molar-refractivity contribution in [3.05, 3.63) is 44.4 Å². The number of aliphatic hydroxyl groups excluding tert-OH is 5. The van der Waals surface area contributed by atoms with Gasteiger partial charge in [0.15, 0.2) is 67.6 Å². The van der Waals surface area contributed by atoms with Gasteiger partial charge in [0, 0.05) is 52.9 Å². The first-order valence-corrected chi connectivity index (χ1v) is 36.8. The molecule has 35 atom stereocenters. The lowest BCUT2D eigenvalue weighted by Gasteiger charge is -2.50. The molecule has 11 aliphatic rings. The lowest BCUT2D eigenvalue weighted by Crippen LogP contribution is -2.68. The van der Waals surface area contributed by atoms with Crippen molar-refractivity contribution < 1.29 is 174 Å². The number of nitrogens with two attached hydrogens (primary N) is 1. The Labute approximate surface area is 636 Å². The van der Waals surface area contributed by atoms with E-state index in [0.29, 0.717) is 0 Å². The number of carbonyl (C=O) groups is 2. The van der Waals surface area contributed by atoms with Crippen LogP contribution in [-0.2, 0) is 118 Å². The molecule has 13 rings (SSSR count). The minimum Gasteiger partial charge on any atom is -0.508 e. The summed E-state index contributed by atoms with van der Waals surface area (Å²) < 4.78 is 160. The molecule has 11 aliphatic heterocycles. The largest absolute Gasteiger partial charge is 0.508 e. The van der Waals surface area contributed by atoms with Gasteiger partial charge in [-0.05, 0) is 79.5 Å². The number of methoxy groups -OCH3 is 5. The first kappa shape index (κ1) is 83.0. The van der Waals surface area contributed by atoms with Gasteiger partial charge in [-0.1, -0.05) is 23.2 Å². The van der Waals surface area contributed by atoms with Crippen LogP contribution in [0.25, 0.3) is 0 Å². The molecule has 0 saturated carbocycles. The van der Waals surface area contributed by atoms with E-state index >= 15 is 0 Å². The van der Waals surface area contributed by atoms with E-state index in [-0.39, 0.29) is 89.7 Å². The summed E-state index contributed by atoms with van der Waals surface area (Å²) >= 11 is 12.8. The summed E-state index contributed by atoms with van der Waals surface area (Å²) in [5.74, 6) is -7.28. The van der Waals surface area contributed by atoms with E-state index in [1.54, 1.807) is 41.5 Å². The number of hydrogen-bond donors (Lipinski definition) is 9. The van der Waals surface area contributed by atoms with E-state index in [9.17, 15) is 50.4 Å². The van der Waals surface area contributed by atoms with Gasteiger partial charge in [-0.25, -0.2) is 9.59 Å². The third kappa shape index (κ3) is 15.5. The minimum atomic E-state index is -2.02. The fourth-order valence-corrected chi connectivity index (χ4v) is 17.4. The third-order valence-electron chi connectivity index (χ3n) is 22.1. The number of halogens is 2. The van der Waals surface area contributed by atoms with E-state index < -0.39 is 237 Å². The van der Waals surface area contributed by atoms with Gasteiger partial charge in [0.05, 0.1) is 75.0 Å². The van der Waals surface area contributed by atoms with E-state index in [0.717, 1.165) is 6.07 Å². The molecule has 2 aromatic rings. The maximum Gasteiger partial charge on any atom is 0.342 e. The molecule has 0 unspecified atom stereocenters. The van der Waals surface area contributed by atoms with Gasteiger partial charge in [0.25, 0.3) is 5.97 Å². The third-order valence-corrected chi connectivity index (χ3v) is 23.0. The summed E-state index contributed by atoms with van der Waals surface area (Å²) in [5, 5.41) is 91.6. The zero-order chi connectivity index (χ0) is 78.6. The molecular weight excluding hydrogens is 1500 g/mol. The average molecular weight is 1600 g/mol. The molecular formula is C70H99Cl2NO36. The highest BCUT2D eigenvalue weighted by Gasteiger charge is 2.70. The van der Waals surface area contributed by atoms with Crippen molar-refractivity contribution in [2.24, 2.45) is 5.73 Å². The molecule has 109 heavy (non-hydrogen) atoms. The summed E-state index contributed by atoms with van der Waals surface area (Å²) in [6, 6.07) is 2.29. The smallest absolute Gasteiger partial charge is 0.342 e. The topological polar surface area (TPSA) is 462 Å². The van der Waals surface area contributed by atoms with Crippen molar-refractivity contribution in [2.75, 3.05) is 62.2 Å². The van der Waals surface area contributed by atoms with Crippen LogP contribution in [0.15, 0.2) is 12.1 Å². The SMILES string of the molecule is COC[C@H]1O[C@@H](O[C@@H]2OC[C@@H]3O[C@]4(OC[C@@H](OC(=O)c5c(C)cc(O)cc5O)[C@@H]5OCO[C@H]54)O[C@H]3[C@H]2O)[C@@H](OC)[C@@H](O)[C@@H]1O[C@@H]1O[C@H](C)[C@H](OC)[C@H](O[C@@H]2O[C@H](C)[C@H]3O[C@]4(C[C@@H](O)[C@H](O[C@H]5C[C@@H](O[C@H]6C[C@](C)(N)[C@@H](OC)[C@H](C)O6)[C@H](OC(=O)c6c(C)c(Cl)c(O)c(Cl)c6OC)[C@@H](C)O5)[C@@H](C)O4)O[C@]3(C)[C@@H]2O)[C@H]1O. The first-order chi connectivity index (χ1) is 51.6. The maximum atomic E-state index is 14.3. The number of benzene rings is 2. The number of phenols is 3. The van der Waals surface area contributed by atoms with Crippen LogP contribution in [0.4, 0.5) is 0 Å². The summed E-state index contributed by atoms with van der Waals surface area (Å²) in [6.07, 6.45) is -38.0. The molecule has 39 heteroatoms. The fourth-order valence-electron chi connectivity index (χ4n) is 16.9. The Morgan fingerprint density at radius 1 is 0.596 bits per heavy atom. The molecule has 10 N–H and O–H groups in total. The Balaban J connectivity index is 0.640. The number of aryl methyl sites for hydroxylation is 1. The Bertz CT molecular complexity index is 3510. The molecule has 11 saturated heterocycles. The second kappa shape index (κ2) is 32.6. The molecule has 2 spiro atoms. The van der Waals surface area contributed by atoms with Crippen molar-refractivity contribution in [3.63, 3.8) is 0 Å². The number of carbonyl (C=O) groups excluding carboxylic acids is 2. The van der Waals surface area contributed by atoms with Crippen LogP contribution in [0, 0.1) is 13.8 Å². The van der Waals surface area contributed by atoms with Crippen molar-refractivity contribution in [3.8, 4) is 23.0 Å². The molecule has 11 heterocycles. The van der Waals surface area contributed by atoms with Crippen molar-refractivity contribution in [1.82, 2.24) is 0 Å². The van der Waals surface area contributed by atoms with Crippen LogP contribution in [-0.4, -0.2) is 328 Å². The van der Waals surface area contributed by atoms with Crippen LogP contribution < -0.4 is 10.5 Å². The van der Waals surface area contributed by atoms with Gasteiger partial charge in [-0.3, -0.25) is 0 Å². The summed E-state index contributed by atoms with van der Waals surface area (Å²) in [5.41, 5.74) is 4.18. The number of phenolic OH excluding ortho intramolecular Hbond substituents is 3. The molecule has 614 valence electrons. The molecule has 37 nitrogen and oxygen atoms in total. The highest BCUT2D eigenvalue weighted by Crippen LogP contribution is 2.53. The summed E-state index contributed by atoms with van der Waals surface area (Å²) in [7, 11) is 6.80. The molecule has 11 fully saturated rings. The summed E-state index contributed by atoms with van der Waals surface area (Å²) in [4.78, 5) is 27.6. The van der Waals surface area contributed by atoms with Gasteiger partial charge >= 0.3 is 17.9 Å². The molecule has 0 bridgehead atoms. The number of aliphatic hydroxyl groups is 5. The Morgan fingerprint density at radius 2 is 1.29 bits per heavy atom. The normalized spacial score (nSPS) is 46.3. The van der Waals surface area contributed by atoms with Crippen LogP contribution in [0.5, 0.6) is 23.0 Å². The number of ether oxygens (including phenoxy) is 26.